The molecule has 1 aromatic carbocycles. The Morgan fingerprint density at radius 2 is 2.26 bits per heavy atom. The van der Waals surface area contributed by atoms with Gasteiger partial charge in [0, 0.05) is 24.8 Å². The second-order valence-corrected chi connectivity index (χ2v) is 5.78. The lowest BCUT2D eigenvalue weighted by Gasteiger charge is -2.27. The zero-order chi connectivity index (χ0) is 13.4. The number of amides is 2. The molecule has 2 amide bonds. The van der Waals surface area contributed by atoms with E-state index in [1.807, 2.05) is 36.1 Å². The van der Waals surface area contributed by atoms with Crippen LogP contribution in [0, 0.1) is 12.8 Å². The van der Waals surface area contributed by atoms with Crippen LogP contribution < -0.4 is 10.6 Å². The molecule has 2 heterocycles. The van der Waals surface area contributed by atoms with E-state index in [1.54, 1.807) is 0 Å². The maximum Gasteiger partial charge on any atom is 0.322 e. The van der Waals surface area contributed by atoms with Crippen molar-refractivity contribution in [3.8, 4) is 0 Å². The van der Waals surface area contributed by atoms with Crippen LogP contribution in [0.25, 0.3) is 0 Å². The molecule has 2 aliphatic heterocycles. The number of fused-ring (bicyclic) bond motifs is 1. The molecule has 102 valence electrons. The molecule has 0 aliphatic carbocycles. The topological polar surface area (TPSA) is 44.4 Å². The standard InChI is InChI=1S/C15H21N3O/c1-10-4-3-5-13(6-10)17-15(19)18-11(2)7-12-8-16-9-14(12)18/h3-6,11-12,14,16H,7-9H2,1-2H3,(H,17,19). The summed E-state index contributed by atoms with van der Waals surface area (Å²) >= 11 is 0. The Hall–Kier alpha value is -1.55. The lowest BCUT2D eigenvalue weighted by molar-refractivity contribution is 0.190. The first kappa shape index (κ1) is 12.5. The van der Waals surface area contributed by atoms with Crippen LogP contribution in [0.3, 0.4) is 0 Å². The highest BCUT2D eigenvalue weighted by molar-refractivity contribution is 5.90. The van der Waals surface area contributed by atoms with Crippen LogP contribution in [0.1, 0.15) is 18.9 Å². The minimum atomic E-state index is 0.0364. The molecular weight excluding hydrogens is 238 g/mol. The molecule has 1 aromatic rings. The molecule has 4 heteroatoms. The van der Waals surface area contributed by atoms with Gasteiger partial charge in [0.15, 0.2) is 0 Å². The van der Waals surface area contributed by atoms with Gasteiger partial charge in [-0.05, 0) is 43.9 Å². The van der Waals surface area contributed by atoms with Gasteiger partial charge in [0.25, 0.3) is 0 Å². The van der Waals surface area contributed by atoms with E-state index in [2.05, 4.69) is 17.6 Å². The average Bonchev–Trinajstić information content (AvgIpc) is 2.88. The van der Waals surface area contributed by atoms with E-state index in [4.69, 9.17) is 0 Å². The monoisotopic (exact) mass is 259 g/mol. The second kappa shape index (κ2) is 4.85. The molecule has 2 saturated heterocycles. The minimum absolute atomic E-state index is 0.0364. The van der Waals surface area contributed by atoms with Crippen molar-refractivity contribution in [3.63, 3.8) is 0 Å². The lowest BCUT2D eigenvalue weighted by atomic mass is 10.0. The smallest absolute Gasteiger partial charge is 0.317 e. The van der Waals surface area contributed by atoms with Crippen molar-refractivity contribution in [2.45, 2.75) is 32.4 Å². The molecule has 3 rings (SSSR count). The Kier molecular flexibility index (Phi) is 3.19. The number of anilines is 1. The molecule has 0 bridgehead atoms. The Labute approximate surface area is 114 Å². The summed E-state index contributed by atoms with van der Waals surface area (Å²) in [7, 11) is 0. The van der Waals surface area contributed by atoms with Crippen LogP contribution in [0.4, 0.5) is 10.5 Å². The van der Waals surface area contributed by atoms with Crippen LogP contribution in [-0.4, -0.2) is 36.1 Å². The zero-order valence-electron chi connectivity index (χ0n) is 11.5. The number of nitrogens with zero attached hydrogens (tertiary/aromatic N) is 1. The number of benzene rings is 1. The molecular formula is C15H21N3O. The van der Waals surface area contributed by atoms with Gasteiger partial charge in [0.2, 0.25) is 0 Å². The van der Waals surface area contributed by atoms with Gasteiger partial charge in [-0.1, -0.05) is 12.1 Å². The summed E-state index contributed by atoms with van der Waals surface area (Å²) in [5, 5.41) is 6.41. The summed E-state index contributed by atoms with van der Waals surface area (Å²) in [6.45, 7) is 6.15. The largest absolute Gasteiger partial charge is 0.322 e. The SMILES string of the molecule is Cc1cccc(NC(=O)N2C(C)CC3CNCC32)c1. The maximum absolute atomic E-state index is 12.5. The first-order valence-electron chi connectivity index (χ1n) is 7.02. The van der Waals surface area contributed by atoms with Crippen molar-refractivity contribution < 1.29 is 4.79 Å². The Balaban J connectivity index is 1.73. The molecule has 19 heavy (non-hydrogen) atoms. The number of hydrogen-bond acceptors (Lipinski definition) is 2. The van der Waals surface area contributed by atoms with Gasteiger partial charge in [-0.2, -0.15) is 0 Å². The highest BCUT2D eigenvalue weighted by Gasteiger charge is 2.44. The van der Waals surface area contributed by atoms with E-state index in [0.717, 1.165) is 30.8 Å². The molecule has 0 radical (unpaired) electrons. The van der Waals surface area contributed by atoms with Gasteiger partial charge < -0.3 is 15.5 Å². The van der Waals surface area contributed by atoms with Crippen LogP contribution in [0.5, 0.6) is 0 Å². The van der Waals surface area contributed by atoms with Gasteiger partial charge >= 0.3 is 6.03 Å². The zero-order valence-corrected chi connectivity index (χ0v) is 11.5. The number of nitrogens with one attached hydrogen (secondary N) is 2. The molecule has 0 saturated carbocycles. The van der Waals surface area contributed by atoms with E-state index in [0.29, 0.717) is 18.0 Å². The third-order valence-corrected chi connectivity index (χ3v) is 4.28. The Morgan fingerprint density at radius 1 is 1.42 bits per heavy atom. The van der Waals surface area contributed by atoms with Crippen LogP contribution >= 0.6 is 0 Å². The summed E-state index contributed by atoms with van der Waals surface area (Å²) in [6.07, 6.45) is 1.11. The molecule has 3 unspecified atom stereocenters. The molecule has 4 nitrogen and oxygen atoms in total. The van der Waals surface area contributed by atoms with Crippen LogP contribution in [0.15, 0.2) is 24.3 Å². The minimum Gasteiger partial charge on any atom is -0.317 e. The number of rotatable bonds is 1. The van der Waals surface area contributed by atoms with Gasteiger partial charge in [-0.25, -0.2) is 4.79 Å². The predicted molar refractivity (Wildman–Crippen MR) is 76.3 cm³/mol. The van der Waals surface area contributed by atoms with Crippen molar-refractivity contribution in [3.05, 3.63) is 29.8 Å². The van der Waals surface area contributed by atoms with Gasteiger partial charge in [0.05, 0.1) is 6.04 Å². The van der Waals surface area contributed by atoms with Crippen molar-refractivity contribution in [1.29, 1.82) is 0 Å². The summed E-state index contributed by atoms with van der Waals surface area (Å²) in [5.74, 6) is 0.623. The van der Waals surface area contributed by atoms with E-state index in [1.165, 1.54) is 0 Å². The van der Waals surface area contributed by atoms with E-state index < -0.39 is 0 Å². The molecule has 2 aliphatic rings. The van der Waals surface area contributed by atoms with Crippen molar-refractivity contribution in [2.75, 3.05) is 18.4 Å². The number of aryl methyl sites for hydroxylation is 1. The van der Waals surface area contributed by atoms with Crippen molar-refractivity contribution in [2.24, 2.45) is 5.92 Å². The third kappa shape index (κ3) is 2.32. The number of hydrogen-bond donors (Lipinski definition) is 2. The summed E-state index contributed by atoms with van der Waals surface area (Å²) < 4.78 is 0. The van der Waals surface area contributed by atoms with Crippen molar-refractivity contribution >= 4 is 11.7 Å². The quantitative estimate of drug-likeness (QED) is 0.812. The first-order chi connectivity index (χ1) is 9.15. The summed E-state index contributed by atoms with van der Waals surface area (Å²) in [6, 6.07) is 8.68. The highest BCUT2D eigenvalue weighted by Crippen LogP contribution is 2.32. The molecule has 3 atom stereocenters. The van der Waals surface area contributed by atoms with Crippen LogP contribution in [0.2, 0.25) is 0 Å². The normalized spacial score (nSPS) is 29.4. The summed E-state index contributed by atoms with van der Waals surface area (Å²) in [4.78, 5) is 14.5. The number of carbonyl (C=O) groups excluding carboxylic acids is 1. The highest BCUT2D eigenvalue weighted by atomic mass is 16.2. The summed E-state index contributed by atoms with van der Waals surface area (Å²) in [5.41, 5.74) is 2.04. The molecule has 2 fully saturated rings. The number of urea groups is 1. The Morgan fingerprint density at radius 3 is 3.05 bits per heavy atom. The fourth-order valence-corrected chi connectivity index (χ4v) is 3.43. The fraction of sp³-hybridized carbons (Fsp3) is 0.533. The van der Waals surface area contributed by atoms with Crippen molar-refractivity contribution in [1.82, 2.24) is 10.2 Å². The van der Waals surface area contributed by atoms with Crippen LogP contribution in [-0.2, 0) is 0 Å². The van der Waals surface area contributed by atoms with Gasteiger partial charge in [-0.15, -0.1) is 0 Å². The molecule has 0 aromatic heterocycles. The van der Waals surface area contributed by atoms with E-state index >= 15 is 0 Å². The lowest BCUT2D eigenvalue weighted by Crippen LogP contribution is -2.45. The van der Waals surface area contributed by atoms with Gasteiger partial charge in [0.1, 0.15) is 0 Å². The molecule has 2 N–H and O–H groups in total. The second-order valence-electron chi connectivity index (χ2n) is 5.78. The van der Waals surface area contributed by atoms with Gasteiger partial charge in [-0.3, -0.25) is 0 Å². The molecule has 0 spiro atoms. The Bertz CT molecular complexity index is 488. The third-order valence-electron chi connectivity index (χ3n) is 4.28. The first-order valence-corrected chi connectivity index (χ1v) is 7.02. The predicted octanol–water partition coefficient (Wildman–Crippen LogP) is 2.21. The fourth-order valence-electron chi connectivity index (χ4n) is 3.43. The number of carbonyl (C=O) groups is 1. The average molecular weight is 259 g/mol. The number of likely N-dealkylation sites (tertiary alicyclic amines) is 1. The maximum atomic E-state index is 12.5. The van der Waals surface area contributed by atoms with E-state index in [9.17, 15) is 4.79 Å². The van der Waals surface area contributed by atoms with E-state index in [-0.39, 0.29) is 6.03 Å².